The van der Waals surface area contributed by atoms with Crippen molar-refractivity contribution in [3.8, 4) is 5.75 Å². The predicted octanol–water partition coefficient (Wildman–Crippen LogP) is 2.06. The molecular weight excluding hydrogens is 228 g/mol. The van der Waals surface area contributed by atoms with Gasteiger partial charge in [-0.15, -0.1) is 0 Å². The summed E-state index contributed by atoms with van der Waals surface area (Å²) in [6.07, 6.45) is 4.20. The van der Waals surface area contributed by atoms with Crippen LogP contribution in [-0.2, 0) is 11.3 Å². The SMILES string of the molecule is CCCNCc1cnc(C)cc1OC1CCOC1. The minimum absolute atomic E-state index is 0.191. The van der Waals surface area contributed by atoms with Gasteiger partial charge in [-0.3, -0.25) is 4.98 Å². The number of nitrogens with one attached hydrogen (secondary N) is 1. The monoisotopic (exact) mass is 250 g/mol. The molecule has 0 aliphatic carbocycles. The van der Waals surface area contributed by atoms with E-state index in [2.05, 4.69) is 17.2 Å². The molecule has 1 aromatic rings. The lowest BCUT2D eigenvalue weighted by molar-refractivity contribution is 0.140. The first-order valence-corrected chi connectivity index (χ1v) is 6.70. The van der Waals surface area contributed by atoms with E-state index < -0.39 is 0 Å². The normalized spacial score (nSPS) is 19.1. The van der Waals surface area contributed by atoms with Gasteiger partial charge in [-0.05, 0) is 19.9 Å². The molecule has 1 fully saturated rings. The summed E-state index contributed by atoms with van der Waals surface area (Å²) in [5, 5.41) is 3.38. The van der Waals surface area contributed by atoms with Crippen molar-refractivity contribution in [2.75, 3.05) is 19.8 Å². The van der Waals surface area contributed by atoms with Gasteiger partial charge in [-0.2, -0.15) is 0 Å². The molecule has 0 amide bonds. The van der Waals surface area contributed by atoms with Gasteiger partial charge in [-0.1, -0.05) is 6.92 Å². The zero-order valence-electron chi connectivity index (χ0n) is 11.2. The van der Waals surface area contributed by atoms with E-state index in [1.165, 1.54) is 0 Å². The van der Waals surface area contributed by atoms with E-state index in [0.717, 1.165) is 49.5 Å². The van der Waals surface area contributed by atoms with Crippen molar-refractivity contribution >= 4 is 0 Å². The van der Waals surface area contributed by atoms with Gasteiger partial charge >= 0.3 is 0 Å². The maximum atomic E-state index is 6.01. The van der Waals surface area contributed by atoms with E-state index >= 15 is 0 Å². The zero-order chi connectivity index (χ0) is 12.8. The molecule has 1 N–H and O–H groups in total. The fraction of sp³-hybridized carbons (Fsp3) is 0.643. The second-order valence-corrected chi connectivity index (χ2v) is 4.71. The molecule has 0 saturated carbocycles. The van der Waals surface area contributed by atoms with E-state index in [1.807, 2.05) is 19.2 Å². The average molecular weight is 250 g/mol. The molecule has 2 heterocycles. The Balaban J connectivity index is 2.02. The Bertz CT molecular complexity index is 376. The van der Waals surface area contributed by atoms with Gasteiger partial charge in [0.15, 0.2) is 0 Å². The standard InChI is InChI=1S/C14H22N2O2/c1-3-5-15-8-12-9-16-11(2)7-14(12)18-13-4-6-17-10-13/h7,9,13,15H,3-6,8,10H2,1-2H3. The topological polar surface area (TPSA) is 43.4 Å². The van der Waals surface area contributed by atoms with Crippen LogP contribution in [0.3, 0.4) is 0 Å². The molecule has 0 bridgehead atoms. The van der Waals surface area contributed by atoms with E-state index in [9.17, 15) is 0 Å². The summed E-state index contributed by atoms with van der Waals surface area (Å²) in [7, 11) is 0. The molecule has 100 valence electrons. The van der Waals surface area contributed by atoms with Crippen LogP contribution >= 0.6 is 0 Å². The van der Waals surface area contributed by atoms with Crippen molar-refractivity contribution in [3.63, 3.8) is 0 Å². The first kappa shape index (κ1) is 13.3. The zero-order valence-corrected chi connectivity index (χ0v) is 11.2. The van der Waals surface area contributed by atoms with Gasteiger partial charge < -0.3 is 14.8 Å². The van der Waals surface area contributed by atoms with Crippen molar-refractivity contribution in [1.82, 2.24) is 10.3 Å². The molecule has 2 rings (SSSR count). The van der Waals surface area contributed by atoms with Crippen LogP contribution < -0.4 is 10.1 Å². The highest BCUT2D eigenvalue weighted by Gasteiger charge is 2.18. The summed E-state index contributed by atoms with van der Waals surface area (Å²) in [4.78, 5) is 4.34. The highest BCUT2D eigenvalue weighted by molar-refractivity contribution is 5.33. The third-order valence-electron chi connectivity index (χ3n) is 3.00. The van der Waals surface area contributed by atoms with Crippen molar-refractivity contribution in [1.29, 1.82) is 0 Å². The predicted molar refractivity (Wildman–Crippen MR) is 70.8 cm³/mol. The van der Waals surface area contributed by atoms with Gasteiger partial charge in [0.05, 0.1) is 13.2 Å². The van der Waals surface area contributed by atoms with E-state index in [1.54, 1.807) is 0 Å². The molecule has 0 aromatic carbocycles. The van der Waals surface area contributed by atoms with Crippen LogP contribution in [0.4, 0.5) is 0 Å². The van der Waals surface area contributed by atoms with E-state index in [4.69, 9.17) is 9.47 Å². The number of pyridine rings is 1. The quantitative estimate of drug-likeness (QED) is 0.785. The Labute approximate surface area is 109 Å². The Hall–Kier alpha value is -1.13. The maximum Gasteiger partial charge on any atom is 0.127 e. The number of hydrogen-bond acceptors (Lipinski definition) is 4. The second-order valence-electron chi connectivity index (χ2n) is 4.71. The number of aryl methyl sites for hydroxylation is 1. The molecule has 1 aliphatic heterocycles. The molecule has 18 heavy (non-hydrogen) atoms. The highest BCUT2D eigenvalue weighted by atomic mass is 16.5. The summed E-state index contributed by atoms with van der Waals surface area (Å²) >= 11 is 0. The summed E-state index contributed by atoms with van der Waals surface area (Å²) in [6.45, 7) is 7.47. The Morgan fingerprint density at radius 2 is 2.44 bits per heavy atom. The second kappa shape index (κ2) is 6.71. The lowest BCUT2D eigenvalue weighted by Crippen LogP contribution is -2.19. The number of aromatic nitrogens is 1. The molecule has 4 nitrogen and oxygen atoms in total. The number of nitrogens with zero attached hydrogens (tertiary/aromatic N) is 1. The Kier molecular flexibility index (Phi) is 4.96. The summed E-state index contributed by atoms with van der Waals surface area (Å²) in [5.41, 5.74) is 2.11. The van der Waals surface area contributed by atoms with Gasteiger partial charge in [-0.25, -0.2) is 0 Å². The van der Waals surface area contributed by atoms with Gasteiger partial charge in [0, 0.05) is 36.5 Å². The summed E-state index contributed by atoms with van der Waals surface area (Å²) in [6, 6.07) is 2.02. The average Bonchev–Trinajstić information content (AvgIpc) is 2.85. The molecule has 1 aromatic heterocycles. The van der Waals surface area contributed by atoms with Crippen molar-refractivity contribution < 1.29 is 9.47 Å². The number of hydrogen-bond donors (Lipinski definition) is 1. The fourth-order valence-electron chi connectivity index (χ4n) is 1.99. The first-order chi connectivity index (χ1) is 8.79. The Morgan fingerprint density at radius 1 is 1.56 bits per heavy atom. The van der Waals surface area contributed by atoms with Crippen LogP contribution in [0.1, 0.15) is 31.0 Å². The molecule has 1 aliphatic rings. The van der Waals surface area contributed by atoms with Crippen LogP contribution in [0.15, 0.2) is 12.3 Å². The van der Waals surface area contributed by atoms with Crippen LogP contribution in [0.25, 0.3) is 0 Å². The van der Waals surface area contributed by atoms with Gasteiger partial charge in [0.25, 0.3) is 0 Å². The largest absolute Gasteiger partial charge is 0.487 e. The molecule has 0 radical (unpaired) electrons. The number of ether oxygens (including phenoxy) is 2. The van der Waals surface area contributed by atoms with E-state index in [0.29, 0.717) is 6.61 Å². The third-order valence-corrected chi connectivity index (χ3v) is 3.00. The molecule has 1 unspecified atom stereocenters. The molecule has 4 heteroatoms. The minimum atomic E-state index is 0.191. The fourth-order valence-corrected chi connectivity index (χ4v) is 1.99. The maximum absolute atomic E-state index is 6.01. The highest BCUT2D eigenvalue weighted by Crippen LogP contribution is 2.22. The van der Waals surface area contributed by atoms with Crippen LogP contribution in [-0.4, -0.2) is 30.8 Å². The number of rotatable bonds is 6. The lowest BCUT2D eigenvalue weighted by atomic mass is 10.2. The lowest BCUT2D eigenvalue weighted by Gasteiger charge is -2.16. The van der Waals surface area contributed by atoms with Crippen LogP contribution in [0, 0.1) is 6.92 Å². The van der Waals surface area contributed by atoms with Crippen LogP contribution in [0.2, 0.25) is 0 Å². The molecule has 1 saturated heterocycles. The molecule has 1 atom stereocenters. The Morgan fingerprint density at radius 3 is 3.17 bits per heavy atom. The molecular formula is C14H22N2O2. The smallest absolute Gasteiger partial charge is 0.127 e. The van der Waals surface area contributed by atoms with Crippen molar-refractivity contribution in [2.45, 2.75) is 39.3 Å². The van der Waals surface area contributed by atoms with Gasteiger partial charge in [0.2, 0.25) is 0 Å². The third kappa shape index (κ3) is 3.68. The van der Waals surface area contributed by atoms with Gasteiger partial charge in [0.1, 0.15) is 11.9 Å². The van der Waals surface area contributed by atoms with Crippen molar-refractivity contribution in [2.24, 2.45) is 0 Å². The summed E-state index contributed by atoms with van der Waals surface area (Å²) < 4.78 is 11.4. The molecule has 0 spiro atoms. The van der Waals surface area contributed by atoms with E-state index in [-0.39, 0.29) is 6.10 Å². The van der Waals surface area contributed by atoms with Crippen LogP contribution in [0.5, 0.6) is 5.75 Å². The summed E-state index contributed by atoms with van der Waals surface area (Å²) in [5.74, 6) is 0.946. The first-order valence-electron chi connectivity index (χ1n) is 6.70. The van der Waals surface area contributed by atoms with Crippen molar-refractivity contribution in [3.05, 3.63) is 23.5 Å². The minimum Gasteiger partial charge on any atom is -0.487 e.